The van der Waals surface area contributed by atoms with Gasteiger partial charge < -0.3 is 5.73 Å². The summed E-state index contributed by atoms with van der Waals surface area (Å²) >= 11 is 0. The molecule has 0 aliphatic heterocycles. The van der Waals surface area contributed by atoms with Crippen LogP contribution in [0.3, 0.4) is 0 Å². The van der Waals surface area contributed by atoms with E-state index in [2.05, 4.69) is 62.4 Å². The van der Waals surface area contributed by atoms with E-state index in [0.717, 1.165) is 23.1 Å². The molecular formula is C23H31NSi. The van der Waals surface area contributed by atoms with Gasteiger partial charge >= 0.3 is 0 Å². The van der Waals surface area contributed by atoms with Crippen molar-refractivity contribution in [2.24, 2.45) is 5.73 Å². The molecule has 3 rings (SSSR count). The van der Waals surface area contributed by atoms with Gasteiger partial charge in [-0.2, -0.15) is 0 Å². The molecule has 2 aliphatic carbocycles. The molecule has 0 radical (unpaired) electrons. The lowest BCUT2D eigenvalue weighted by atomic mass is 9.68. The molecule has 1 nitrogen and oxygen atoms in total. The first-order chi connectivity index (χ1) is 12.1. The number of hydrogen-bond acceptors (Lipinski definition) is 1. The van der Waals surface area contributed by atoms with Crippen LogP contribution < -0.4 is 5.73 Å². The summed E-state index contributed by atoms with van der Waals surface area (Å²) in [5.74, 6) is 0. The lowest BCUT2D eigenvalue weighted by Gasteiger charge is -2.36. The van der Waals surface area contributed by atoms with Gasteiger partial charge in [0.1, 0.15) is 0 Å². The van der Waals surface area contributed by atoms with Crippen molar-refractivity contribution < 1.29 is 0 Å². The third-order valence-electron chi connectivity index (χ3n) is 5.86. The molecule has 1 atom stereocenters. The minimum Gasteiger partial charge on any atom is -0.327 e. The fraction of sp³-hybridized carbons (Fsp3) is 0.391. The maximum Gasteiger partial charge on any atom is 0.0417 e. The fourth-order valence-electron chi connectivity index (χ4n) is 4.49. The Morgan fingerprint density at radius 2 is 1.92 bits per heavy atom. The van der Waals surface area contributed by atoms with Gasteiger partial charge in [0.05, 0.1) is 0 Å². The van der Waals surface area contributed by atoms with Crippen LogP contribution in [-0.2, 0) is 11.8 Å². The van der Waals surface area contributed by atoms with Crippen LogP contribution in [0, 0.1) is 0 Å². The average Bonchev–Trinajstić information content (AvgIpc) is 2.95. The Labute approximate surface area is 155 Å². The monoisotopic (exact) mass is 349 g/mol. The molecule has 132 valence electrons. The van der Waals surface area contributed by atoms with Crippen molar-refractivity contribution >= 4 is 10.2 Å². The number of aryl methyl sites for hydroxylation is 1. The number of benzene rings is 1. The Morgan fingerprint density at radius 3 is 2.48 bits per heavy atom. The standard InChI is InChI=1S/C23H31NSi/c1-3-4-8-18-9-11-20(12-10-18)23(13-6-5-7-14-23)22-17(2)19(16-24)15-21(22)25/h5-7,9-13H,3-4,8,14-16,24H2,1-2,25H3. The molecular weight excluding hydrogens is 318 g/mol. The van der Waals surface area contributed by atoms with Gasteiger partial charge in [-0.3, -0.25) is 0 Å². The predicted octanol–water partition coefficient (Wildman–Crippen LogP) is 4.08. The molecule has 0 fully saturated rings. The molecule has 0 saturated heterocycles. The first kappa shape index (κ1) is 18.2. The predicted molar refractivity (Wildman–Crippen MR) is 113 cm³/mol. The van der Waals surface area contributed by atoms with Crippen LogP contribution in [0.15, 0.2) is 70.5 Å². The van der Waals surface area contributed by atoms with E-state index in [9.17, 15) is 0 Å². The van der Waals surface area contributed by atoms with Gasteiger partial charge in [-0.25, -0.2) is 0 Å². The molecule has 2 aliphatic rings. The highest BCUT2D eigenvalue weighted by molar-refractivity contribution is 6.23. The normalized spacial score (nSPS) is 23.2. The second-order valence-electron chi connectivity index (χ2n) is 7.53. The van der Waals surface area contributed by atoms with E-state index in [4.69, 9.17) is 5.73 Å². The smallest absolute Gasteiger partial charge is 0.0417 e. The second kappa shape index (κ2) is 7.71. The van der Waals surface area contributed by atoms with E-state index in [1.54, 1.807) is 10.8 Å². The van der Waals surface area contributed by atoms with Crippen LogP contribution in [0.2, 0.25) is 0 Å². The third kappa shape index (κ3) is 3.38. The molecule has 2 N–H and O–H groups in total. The van der Waals surface area contributed by atoms with Crippen LogP contribution in [0.1, 0.15) is 50.7 Å². The van der Waals surface area contributed by atoms with Crippen molar-refractivity contribution in [3.8, 4) is 0 Å². The van der Waals surface area contributed by atoms with Crippen molar-refractivity contribution in [1.82, 2.24) is 0 Å². The minimum atomic E-state index is -0.00385. The van der Waals surface area contributed by atoms with E-state index in [0.29, 0.717) is 6.54 Å². The largest absolute Gasteiger partial charge is 0.327 e. The molecule has 2 heteroatoms. The summed E-state index contributed by atoms with van der Waals surface area (Å²) in [5, 5.41) is 1.62. The van der Waals surface area contributed by atoms with Gasteiger partial charge in [0.25, 0.3) is 0 Å². The van der Waals surface area contributed by atoms with Crippen LogP contribution in [0.5, 0.6) is 0 Å². The van der Waals surface area contributed by atoms with Crippen LogP contribution in [0.25, 0.3) is 0 Å². The van der Waals surface area contributed by atoms with Gasteiger partial charge in [0.2, 0.25) is 0 Å². The van der Waals surface area contributed by atoms with Crippen molar-refractivity contribution in [2.75, 3.05) is 6.54 Å². The molecule has 1 aromatic carbocycles. The molecule has 0 bridgehead atoms. The number of unbranched alkanes of at least 4 members (excludes halogenated alkanes) is 1. The van der Waals surface area contributed by atoms with Crippen molar-refractivity contribution in [2.45, 2.75) is 51.4 Å². The molecule has 0 heterocycles. The highest BCUT2D eigenvalue weighted by atomic mass is 28.1. The molecule has 25 heavy (non-hydrogen) atoms. The zero-order chi connectivity index (χ0) is 17.9. The van der Waals surface area contributed by atoms with E-state index in [-0.39, 0.29) is 5.41 Å². The summed E-state index contributed by atoms with van der Waals surface area (Å²) in [4.78, 5) is 0. The van der Waals surface area contributed by atoms with Gasteiger partial charge in [-0.15, -0.1) is 0 Å². The Morgan fingerprint density at radius 1 is 1.16 bits per heavy atom. The quantitative estimate of drug-likeness (QED) is 0.769. The summed E-state index contributed by atoms with van der Waals surface area (Å²) in [6.07, 6.45) is 15.0. The summed E-state index contributed by atoms with van der Waals surface area (Å²) < 4.78 is 0. The van der Waals surface area contributed by atoms with E-state index < -0.39 is 0 Å². The number of allylic oxidation sites excluding steroid dienone is 7. The SMILES string of the molecule is CCCCc1ccc(C2(C3=C([SiH3])CC(CN)=C3C)C=CC=CC2)cc1. The van der Waals surface area contributed by atoms with Crippen molar-refractivity contribution in [1.29, 1.82) is 0 Å². The highest BCUT2D eigenvalue weighted by Gasteiger charge is 2.38. The van der Waals surface area contributed by atoms with Crippen LogP contribution >= 0.6 is 0 Å². The third-order valence-corrected chi connectivity index (χ3v) is 6.71. The van der Waals surface area contributed by atoms with E-state index in [1.165, 1.54) is 41.5 Å². The van der Waals surface area contributed by atoms with Crippen LogP contribution in [0.4, 0.5) is 0 Å². The van der Waals surface area contributed by atoms with Crippen molar-refractivity contribution in [3.05, 3.63) is 81.6 Å². The number of hydrogen-bond donors (Lipinski definition) is 1. The van der Waals surface area contributed by atoms with Gasteiger partial charge in [0.15, 0.2) is 0 Å². The van der Waals surface area contributed by atoms with Gasteiger partial charge in [-0.05, 0) is 60.5 Å². The molecule has 0 spiro atoms. The average molecular weight is 350 g/mol. The highest BCUT2D eigenvalue weighted by Crippen LogP contribution is 2.48. The summed E-state index contributed by atoms with van der Waals surface area (Å²) in [5.41, 5.74) is 13.3. The zero-order valence-electron chi connectivity index (χ0n) is 15.9. The van der Waals surface area contributed by atoms with E-state index >= 15 is 0 Å². The lowest BCUT2D eigenvalue weighted by molar-refractivity contribution is 0.637. The Kier molecular flexibility index (Phi) is 5.60. The van der Waals surface area contributed by atoms with Crippen molar-refractivity contribution in [3.63, 3.8) is 0 Å². The molecule has 0 amide bonds. The van der Waals surface area contributed by atoms with Gasteiger partial charge in [-0.1, -0.05) is 67.1 Å². The maximum absolute atomic E-state index is 6.03. The zero-order valence-corrected chi connectivity index (χ0v) is 17.9. The first-order valence-corrected chi connectivity index (χ1v) is 10.7. The Balaban J connectivity index is 2.04. The topological polar surface area (TPSA) is 26.0 Å². The molecule has 0 aromatic heterocycles. The minimum absolute atomic E-state index is 0.00385. The van der Waals surface area contributed by atoms with Gasteiger partial charge in [0, 0.05) is 22.2 Å². The lowest BCUT2D eigenvalue weighted by Crippen LogP contribution is -2.28. The number of nitrogens with two attached hydrogens (primary N) is 1. The first-order valence-electron chi connectivity index (χ1n) is 9.65. The Bertz CT molecular complexity index is 749. The molecule has 0 saturated carbocycles. The fourth-order valence-corrected chi connectivity index (χ4v) is 5.74. The molecule has 1 aromatic rings. The summed E-state index contributed by atoms with van der Waals surface area (Å²) in [6, 6.07) is 9.40. The van der Waals surface area contributed by atoms with Crippen LogP contribution in [-0.4, -0.2) is 16.8 Å². The second-order valence-corrected chi connectivity index (χ2v) is 8.74. The summed E-state index contributed by atoms with van der Waals surface area (Å²) in [6.45, 7) is 5.23. The van der Waals surface area contributed by atoms with E-state index in [1.807, 2.05) is 0 Å². The number of rotatable bonds is 6. The molecule has 1 unspecified atom stereocenters. The Hall–Kier alpha value is -1.64. The summed E-state index contributed by atoms with van der Waals surface area (Å²) in [7, 11) is 1.11. The maximum atomic E-state index is 6.03.